The Morgan fingerprint density at radius 3 is 2.17 bits per heavy atom. The van der Waals surface area contributed by atoms with E-state index >= 15 is 0 Å². The maximum atomic E-state index is 12.6. The third kappa shape index (κ3) is 5.84. The van der Waals surface area contributed by atoms with E-state index in [9.17, 15) is 21.6 Å². The molecule has 0 fully saturated rings. The second-order valence-electron chi connectivity index (χ2n) is 7.85. The van der Waals surface area contributed by atoms with Gasteiger partial charge in [-0.25, -0.2) is 16.8 Å². The predicted molar refractivity (Wildman–Crippen MR) is 132 cm³/mol. The number of carbonyl (C=O) groups is 1. The van der Waals surface area contributed by atoms with E-state index in [0.717, 1.165) is 16.1 Å². The maximum Gasteiger partial charge on any atom is 0.261 e. The number of fused-ring (bicyclic) bond motifs is 1. The molecule has 3 aromatic carbocycles. The van der Waals surface area contributed by atoms with Crippen LogP contribution in [0.15, 0.2) is 71.6 Å². The second kappa shape index (κ2) is 9.47. The lowest BCUT2D eigenvalue weighted by Gasteiger charge is -2.22. The number of sulfonamides is 2. The fourth-order valence-electron chi connectivity index (χ4n) is 3.32. The summed E-state index contributed by atoms with van der Waals surface area (Å²) in [6.07, 6.45) is 0.992. The monoisotopic (exact) mass is 517 g/mol. The number of nitrogens with one attached hydrogen (secondary N) is 2. The quantitative estimate of drug-likeness (QED) is 0.470. The highest BCUT2D eigenvalue weighted by Gasteiger charge is 2.24. The molecule has 0 atom stereocenters. The average molecular weight is 518 g/mol. The summed E-state index contributed by atoms with van der Waals surface area (Å²) in [6, 6.07) is 17.0. The topological polar surface area (TPSA) is 131 Å². The van der Waals surface area contributed by atoms with Crippen molar-refractivity contribution in [3.05, 3.63) is 72.3 Å². The minimum absolute atomic E-state index is 0.00852. The lowest BCUT2D eigenvalue weighted by atomic mass is 10.2. The van der Waals surface area contributed by atoms with E-state index in [1.165, 1.54) is 36.4 Å². The van der Waals surface area contributed by atoms with Crippen LogP contribution in [0.3, 0.4) is 0 Å². The van der Waals surface area contributed by atoms with Crippen molar-refractivity contribution in [1.82, 2.24) is 0 Å². The van der Waals surface area contributed by atoms with Gasteiger partial charge >= 0.3 is 0 Å². The van der Waals surface area contributed by atoms with Crippen LogP contribution < -0.4 is 23.8 Å². The molecule has 2 N–H and O–H groups in total. The normalized spacial score (nSPS) is 12.7. The van der Waals surface area contributed by atoms with Gasteiger partial charge in [0.25, 0.3) is 10.0 Å². The van der Waals surface area contributed by atoms with Gasteiger partial charge in [-0.15, -0.1) is 0 Å². The number of hydrogen-bond acceptors (Lipinski definition) is 7. The summed E-state index contributed by atoms with van der Waals surface area (Å²) in [5, 5.41) is 2.58. The third-order valence-corrected chi connectivity index (χ3v) is 7.62. The average Bonchev–Trinajstić information content (AvgIpc) is 3.26. The minimum Gasteiger partial charge on any atom is -0.454 e. The second-order valence-corrected chi connectivity index (χ2v) is 11.4. The summed E-state index contributed by atoms with van der Waals surface area (Å²) in [5.74, 6) is 0.257. The van der Waals surface area contributed by atoms with Crippen molar-refractivity contribution in [2.45, 2.75) is 11.8 Å². The molecule has 0 unspecified atom stereocenters. The number of nitrogens with zero attached hydrogens (tertiary/aromatic N) is 1. The Morgan fingerprint density at radius 1 is 0.886 bits per heavy atom. The van der Waals surface area contributed by atoms with Gasteiger partial charge in [0.1, 0.15) is 6.54 Å². The number of amides is 1. The van der Waals surface area contributed by atoms with E-state index in [1.807, 2.05) is 6.92 Å². The Morgan fingerprint density at radius 2 is 1.51 bits per heavy atom. The van der Waals surface area contributed by atoms with Crippen LogP contribution in [-0.2, 0) is 24.8 Å². The molecule has 1 aliphatic rings. The van der Waals surface area contributed by atoms with Crippen LogP contribution in [0.25, 0.3) is 0 Å². The van der Waals surface area contributed by atoms with Crippen LogP contribution in [0.4, 0.5) is 17.1 Å². The van der Waals surface area contributed by atoms with E-state index in [2.05, 4.69) is 10.0 Å². The van der Waals surface area contributed by atoms with Crippen molar-refractivity contribution in [1.29, 1.82) is 0 Å². The van der Waals surface area contributed by atoms with E-state index in [4.69, 9.17) is 9.47 Å². The Balaban J connectivity index is 1.45. The lowest BCUT2D eigenvalue weighted by Crippen LogP contribution is -2.37. The SMILES string of the molecule is Cc1ccc(NS(=O)(=O)c2ccc(NC(=O)CN(c3ccc4c(c3)OCO4)S(C)(=O)=O)cc2)cc1. The van der Waals surface area contributed by atoms with Gasteiger partial charge in [-0.05, 0) is 55.5 Å². The molecule has 0 aliphatic carbocycles. The first-order chi connectivity index (χ1) is 16.5. The van der Waals surface area contributed by atoms with Gasteiger partial charge in [0, 0.05) is 17.4 Å². The van der Waals surface area contributed by atoms with Crippen LogP contribution in [0, 0.1) is 6.92 Å². The first kappa shape index (κ1) is 24.4. The van der Waals surface area contributed by atoms with Gasteiger partial charge < -0.3 is 14.8 Å². The van der Waals surface area contributed by atoms with Crippen molar-refractivity contribution in [2.75, 3.05) is 33.9 Å². The fraction of sp³-hybridized carbons (Fsp3) is 0.174. The highest BCUT2D eigenvalue weighted by atomic mass is 32.2. The number of anilines is 3. The van der Waals surface area contributed by atoms with Crippen LogP contribution in [0.2, 0.25) is 0 Å². The Hall–Kier alpha value is -3.77. The highest BCUT2D eigenvalue weighted by molar-refractivity contribution is 7.92. The Labute approximate surface area is 203 Å². The van der Waals surface area contributed by atoms with Crippen molar-refractivity contribution in [2.24, 2.45) is 0 Å². The van der Waals surface area contributed by atoms with Gasteiger partial charge in [-0.2, -0.15) is 0 Å². The van der Waals surface area contributed by atoms with Crippen LogP contribution >= 0.6 is 0 Å². The fourth-order valence-corrected chi connectivity index (χ4v) is 5.23. The number of benzene rings is 3. The summed E-state index contributed by atoms with van der Waals surface area (Å²) in [4.78, 5) is 12.6. The zero-order valence-corrected chi connectivity index (χ0v) is 20.5. The van der Waals surface area contributed by atoms with E-state index < -0.39 is 32.5 Å². The molecule has 4 rings (SSSR count). The molecule has 10 nitrogen and oxygen atoms in total. The van der Waals surface area contributed by atoms with Crippen molar-refractivity contribution < 1.29 is 31.1 Å². The van der Waals surface area contributed by atoms with E-state index in [0.29, 0.717) is 22.9 Å². The summed E-state index contributed by atoms with van der Waals surface area (Å²) in [5.41, 5.74) is 1.98. The molecule has 35 heavy (non-hydrogen) atoms. The molecule has 0 radical (unpaired) electrons. The van der Waals surface area contributed by atoms with Crippen LogP contribution in [0.5, 0.6) is 11.5 Å². The number of carbonyl (C=O) groups excluding carboxylic acids is 1. The summed E-state index contributed by atoms with van der Waals surface area (Å²) >= 11 is 0. The molecule has 1 amide bonds. The molecule has 1 aliphatic heterocycles. The Bertz CT molecular complexity index is 1450. The van der Waals surface area contributed by atoms with Gasteiger partial charge in [0.15, 0.2) is 11.5 Å². The first-order valence-electron chi connectivity index (χ1n) is 10.4. The number of hydrogen-bond donors (Lipinski definition) is 2. The maximum absolute atomic E-state index is 12.6. The van der Waals surface area contributed by atoms with Crippen molar-refractivity contribution in [3.8, 4) is 11.5 Å². The molecular formula is C23H23N3O7S2. The lowest BCUT2D eigenvalue weighted by molar-refractivity contribution is -0.114. The third-order valence-electron chi connectivity index (χ3n) is 5.08. The largest absolute Gasteiger partial charge is 0.454 e. The molecule has 1 heterocycles. The van der Waals surface area contributed by atoms with E-state index in [-0.39, 0.29) is 17.4 Å². The molecular weight excluding hydrogens is 494 g/mol. The summed E-state index contributed by atoms with van der Waals surface area (Å²) in [6.45, 7) is 1.44. The molecule has 0 saturated carbocycles. The van der Waals surface area contributed by atoms with Crippen molar-refractivity contribution >= 4 is 43.0 Å². The molecule has 184 valence electrons. The molecule has 3 aromatic rings. The molecule has 0 bridgehead atoms. The van der Waals surface area contributed by atoms with Crippen LogP contribution in [-0.4, -0.2) is 42.3 Å². The first-order valence-corrected chi connectivity index (χ1v) is 13.7. The van der Waals surface area contributed by atoms with Gasteiger partial charge in [-0.3, -0.25) is 13.8 Å². The summed E-state index contributed by atoms with van der Waals surface area (Å²) in [7, 11) is -7.62. The minimum atomic E-state index is -3.82. The Kier molecular flexibility index (Phi) is 6.59. The smallest absolute Gasteiger partial charge is 0.261 e. The molecule has 0 saturated heterocycles. The number of aryl methyl sites for hydroxylation is 1. The number of ether oxygens (including phenoxy) is 2. The molecule has 0 spiro atoms. The zero-order chi connectivity index (χ0) is 25.2. The van der Waals surface area contributed by atoms with Crippen LogP contribution in [0.1, 0.15) is 5.56 Å². The van der Waals surface area contributed by atoms with Gasteiger partial charge in [0.2, 0.25) is 22.7 Å². The number of rotatable bonds is 8. The van der Waals surface area contributed by atoms with Gasteiger partial charge in [0.05, 0.1) is 16.8 Å². The molecule has 0 aromatic heterocycles. The van der Waals surface area contributed by atoms with Gasteiger partial charge in [-0.1, -0.05) is 17.7 Å². The standard InChI is InChI=1S/C23H23N3O7S2/c1-16-3-5-18(6-4-16)25-35(30,31)20-10-7-17(8-11-20)24-23(27)14-26(34(2,28)29)19-9-12-21-22(13-19)33-15-32-21/h3-13,25H,14-15H2,1-2H3,(H,24,27). The van der Waals surface area contributed by atoms with E-state index in [1.54, 1.807) is 30.3 Å². The zero-order valence-electron chi connectivity index (χ0n) is 18.9. The highest BCUT2D eigenvalue weighted by Crippen LogP contribution is 2.36. The molecule has 12 heteroatoms. The summed E-state index contributed by atoms with van der Waals surface area (Å²) < 4.78 is 63.9. The predicted octanol–water partition coefficient (Wildman–Crippen LogP) is 2.93. The van der Waals surface area contributed by atoms with Crippen molar-refractivity contribution in [3.63, 3.8) is 0 Å².